The minimum atomic E-state index is -4.66. The van der Waals surface area contributed by atoms with Crippen molar-refractivity contribution in [1.29, 1.82) is 0 Å². The summed E-state index contributed by atoms with van der Waals surface area (Å²) in [6.07, 6.45) is 2.24. The molecule has 3 aromatic rings. The van der Waals surface area contributed by atoms with Crippen molar-refractivity contribution in [3.63, 3.8) is 0 Å². The quantitative estimate of drug-likeness (QED) is 0.600. The molecule has 1 aliphatic carbocycles. The summed E-state index contributed by atoms with van der Waals surface area (Å²) < 4.78 is 46.7. The van der Waals surface area contributed by atoms with Crippen molar-refractivity contribution >= 4 is 5.82 Å². The smallest absolute Gasteiger partial charge is 0.451 e. The van der Waals surface area contributed by atoms with Gasteiger partial charge in [-0.2, -0.15) is 23.3 Å². The molecule has 1 N–H and O–H groups in total. The summed E-state index contributed by atoms with van der Waals surface area (Å²) in [5.41, 5.74) is 1.87. The van der Waals surface area contributed by atoms with Gasteiger partial charge in [0.2, 0.25) is 11.7 Å². The largest absolute Gasteiger partial charge is 0.478 e. The van der Waals surface area contributed by atoms with Gasteiger partial charge in [-0.3, -0.25) is 9.67 Å². The Labute approximate surface area is 171 Å². The van der Waals surface area contributed by atoms with Crippen LogP contribution in [0.15, 0.2) is 42.9 Å². The summed E-state index contributed by atoms with van der Waals surface area (Å²) in [6.45, 7) is 0.569. The van der Waals surface area contributed by atoms with Crippen LogP contribution in [0.2, 0.25) is 0 Å². The molecule has 0 spiro atoms. The van der Waals surface area contributed by atoms with Gasteiger partial charge in [0.25, 0.3) is 0 Å². The zero-order valence-corrected chi connectivity index (χ0v) is 16.3. The third kappa shape index (κ3) is 5.05. The number of rotatable bonds is 8. The SMILES string of the molecule is Cn1cc(CNc2cc(OCC[C@H]3C[C@@H]3c3ccccn3)nc(C(F)(F)F)n2)cn1. The summed E-state index contributed by atoms with van der Waals surface area (Å²) in [5, 5.41) is 6.90. The second-order valence-electron chi connectivity index (χ2n) is 7.28. The first kappa shape index (κ1) is 20.1. The molecule has 0 bridgehead atoms. The van der Waals surface area contributed by atoms with Crippen LogP contribution in [0.1, 0.15) is 35.8 Å². The molecule has 2 atom stereocenters. The van der Waals surface area contributed by atoms with Gasteiger partial charge in [0, 0.05) is 49.2 Å². The number of hydrogen-bond donors (Lipinski definition) is 1. The highest BCUT2D eigenvalue weighted by Crippen LogP contribution is 2.48. The molecule has 0 aliphatic heterocycles. The molecule has 3 aromatic heterocycles. The number of anilines is 1. The average Bonchev–Trinajstić information content (AvgIpc) is 3.37. The molecule has 0 unspecified atom stereocenters. The molecule has 7 nitrogen and oxygen atoms in total. The van der Waals surface area contributed by atoms with Crippen LogP contribution < -0.4 is 10.1 Å². The van der Waals surface area contributed by atoms with Crippen LogP contribution in [-0.2, 0) is 19.8 Å². The van der Waals surface area contributed by atoms with Crippen molar-refractivity contribution in [3.05, 3.63) is 59.9 Å². The first-order valence-electron chi connectivity index (χ1n) is 9.60. The Balaban J connectivity index is 1.37. The van der Waals surface area contributed by atoms with E-state index >= 15 is 0 Å². The third-order valence-corrected chi connectivity index (χ3v) is 4.92. The summed E-state index contributed by atoms with van der Waals surface area (Å²) in [7, 11) is 1.76. The molecular formula is C20H21F3N6O. The Morgan fingerprint density at radius 3 is 2.83 bits per heavy atom. The molecule has 3 heterocycles. The van der Waals surface area contributed by atoms with E-state index in [0.717, 1.165) is 24.1 Å². The van der Waals surface area contributed by atoms with E-state index in [1.54, 1.807) is 30.3 Å². The van der Waals surface area contributed by atoms with E-state index in [0.29, 0.717) is 11.8 Å². The standard InChI is InChI=1S/C20H21F3N6O/c1-29-12-13(11-26-29)10-25-17-9-18(28-19(27-17)20(21,22)23)30-7-5-14-8-15(14)16-4-2-3-6-24-16/h2-4,6,9,11-12,14-15H,5,7-8,10H2,1H3,(H,25,27,28)/t14-,15-/m0/s1. The molecule has 0 saturated heterocycles. The van der Waals surface area contributed by atoms with Gasteiger partial charge in [0.1, 0.15) is 5.82 Å². The average molecular weight is 418 g/mol. The molecule has 0 amide bonds. The summed E-state index contributed by atoms with van der Waals surface area (Å²) in [4.78, 5) is 11.5. The molecule has 0 aromatic carbocycles. The van der Waals surface area contributed by atoms with Gasteiger partial charge in [-0.05, 0) is 30.9 Å². The van der Waals surface area contributed by atoms with E-state index in [1.165, 1.54) is 6.07 Å². The van der Waals surface area contributed by atoms with Crippen molar-refractivity contribution in [2.24, 2.45) is 13.0 Å². The predicted molar refractivity (Wildman–Crippen MR) is 103 cm³/mol. The van der Waals surface area contributed by atoms with E-state index in [-0.39, 0.29) is 24.8 Å². The number of alkyl halides is 3. The molecular weight excluding hydrogens is 397 g/mol. The van der Waals surface area contributed by atoms with E-state index in [2.05, 4.69) is 25.4 Å². The Kier molecular flexibility index (Phi) is 5.56. The van der Waals surface area contributed by atoms with Crippen molar-refractivity contribution in [2.75, 3.05) is 11.9 Å². The maximum absolute atomic E-state index is 13.2. The van der Waals surface area contributed by atoms with Crippen molar-refractivity contribution in [3.8, 4) is 5.88 Å². The van der Waals surface area contributed by atoms with Crippen LogP contribution in [0.25, 0.3) is 0 Å². The van der Waals surface area contributed by atoms with E-state index < -0.39 is 12.0 Å². The highest BCUT2D eigenvalue weighted by atomic mass is 19.4. The molecule has 1 aliphatic rings. The van der Waals surface area contributed by atoms with Crippen LogP contribution >= 0.6 is 0 Å². The summed E-state index contributed by atoms with van der Waals surface area (Å²) in [6, 6.07) is 7.20. The molecule has 158 valence electrons. The normalized spacial score (nSPS) is 18.3. The Hall–Kier alpha value is -3.17. The van der Waals surface area contributed by atoms with Gasteiger partial charge in [0.05, 0.1) is 12.8 Å². The lowest BCUT2D eigenvalue weighted by Crippen LogP contribution is -2.14. The number of ether oxygens (including phenoxy) is 1. The molecule has 4 rings (SSSR count). The fourth-order valence-electron chi connectivity index (χ4n) is 3.31. The summed E-state index contributed by atoms with van der Waals surface area (Å²) >= 11 is 0. The second-order valence-corrected chi connectivity index (χ2v) is 7.28. The number of nitrogens with one attached hydrogen (secondary N) is 1. The van der Waals surface area contributed by atoms with Crippen LogP contribution in [-0.4, -0.2) is 31.3 Å². The van der Waals surface area contributed by atoms with Gasteiger partial charge in [-0.15, -0.1) is 0 Å². The van der Waals surface area contributed by atoms with Gasteiger partial charge < -0.3 is 10.1 Å². The fourth-order valence-corrected chi connectivity index (χ4v) is 3.31. The van der Waals surface area contributed by atoms with Gasteiger partial charge in [-0.1, -0.05) is 6.07 Å². The lowest BCUT2D eigenvalue weighted by molar-refractivity contribution is -0.145. The number of pyridine rings is 1. The molecule has 1 fully saturated rings. The maximum atomic E-state index is 13.2. The van der Waals surface area contributed by atoms with Gasteiger partial charge in [-0.25, -0.2) is 4.98 Å². The van der Waals surface area contributed by atoms with E-state index in [9.17, 15) is 13.2 Å². The number of aromatic nitrogens is 5. The molecule has 1 saturated carbocycles. The zero-order chi connectivity index (χ0) is 21.1. The van der Waals surface area contributed by atoms with E-state index in [4.69, 9.17) is 4.74 Å². The van der Waals surface area contributed by atoms with Crippen molar-refractivity contribution in [1.82, 2.24) is 24.7 Å². The lowest BCUT2D eigenvalue weighted by Gasteiger charge is -2.12. The predicted octanol–water partition coefficient (Wildman–Crippen LogP) is 3.81. The lowest BCUT2D eigenvalue weighted by atomic mass is 10.2. The first-order valence-corrected chi connectivity index (χ1v) is 9.60. The molecule has 0 radical (unpaired) electrons. The number of aryl methyl sites for hydroxylation is 1. The monoisotopic (exact) mass is 418 g/mol. The fraction of sp³-hybridized carbons (Fsp3) is 0.400. The van der Waals surface area contributed by atoms with Crippen LogP contribution in [0.5, 0.6) is 5.88 Å². The van der Waals surface area contributed by atoms with Crippen LogP contribution in [0, 0.1) is 5.92 Å². The number of halogens is 3. The molecule has 10 heteroatoms. The first-order chi connectivity index (χ1) is 14.4. The highest BCUT2D eigenvalue weighted by Gasteiger charge is 2.39. The zero-order valence-electron chi connectivity index (χ0n) is 16.3. The van der Waals surface area contributed by atoms with Crippen LogP contribution in [0.3, 0.4) is 0 Å². The van der Waals surface area contributed by atoms with Gasteiger partial charge in [0.15, 0.2) is 0 Å². The summed E-state index contributed by atoms with van der Waals surface area (Å²) in [5.74, 6) is -0.462. The minimum absolute atomic E-state index is 0.0500. The Morgan fingerprint density at radius 1 is 1.27 bits per heavy atom. The van der Waals surface area contributed by atoms with Gasteiger partial charge >= 0.3 is 6.18 Å². The Morgan fingerprint density at radius 2 is 2.13 bits per heavy atom. The maximum Gasteiger partial charge on any atom is 0.451 e. The van der Waals surface area contributed by atoms with Crippen molar-refractivity contribution < 1.29 is 17.9 Å². The molecule has 30 heavy (non-hydrogen) atoms. The number of nitrogens with zero attached hydrogens (tertiary/aromatic N) is 5. The Bertz CT molecular complexity index is 992. The minimum Gasteiger partial charge on any atom is -0.478 e. The topological polar surface area (TPSA) is 77.8 Å². The van der Waals surface area contributed by atoms with Crippen LogP contribution in [0.4, 0.5) is 19.0 Å². The highest BCUT2D eigenvalue weighted by molar-refractivity contribution is 5.39. The number of hydrogen-bond acceptors (Lipinski definition) is 6. The van der Waals surface area contributed by atoms with E-state index in [1.807, 2.05) is 18.2 Å². The van der Waals surface area contributed by atoms with Crippen molar-refractivity contribution in [2.45, 2.75) is 31.5 Å². The third-order valence-electron chi connectivity index (χ3n) is 4.92. The second kappa shape index (κ2) is 8.29.